The highest BCUT2D eigenvalue weighted by atomic mass is 15.3. The predicted molar refractivity (Wildman–Crippen MR) is 89.3 cm³/mol. The Bertz CT molecular complexity index is 493. The van der Waals surface area contributed by atoms with Crippen molar-refractivity contribution in [2.45, 2.75) is 44.6 Å². The minimum absolute atomic E-state index is 0.791. The van der Waals surface area contributed by atoms with Gasteiger partial charge in [-0.25, -0.2) is 0 Å². The first kappa shape index (κ1) is 13.4. The van der Waals surface area contributed by atoms with Gasteiger partial charge in [0.05, 0.1) is 0 Å². The molecule has 3 aliphatic rings. The van der Waals surface area contributed by atoms with Crippen molar-refractivity contribution >= 4 is 11.4 Å². The highest BCUT2D eigenvalue weighted by Crippen LogP contribution is 2.30. The Morgan fingerprint density at radius 3 is 2.81 bits per heavy atom. The second-order valence-corrected chi connectivity index (χ2v) is 6.86. The summed E-state index contributed by atoms with van der Waals surface area (Å²) in [5.41, 5.74) is 4.31. The van der Waals surface area contributed by atoms with Gasteiger partial charge in [-0.3, -0.25) is 4.90 Å². The molecule has 0 radical (unpaired) electrons. The summed E-state index contributed by atoms with van der Waals surface area (Å²) in [6.07, 6.45) is 8.09. The van der Waals surface area contributed by atoms with Gasteiger partial charge in [0.15, 0.2) is 0 Å². The number of aryl methyl sites for hydroxylation is 1. The minimum Gasteiger partial charge on any atom is -0.385 e. The molecule has 3 nitrogen and oxygen atoms in total. The molecule has 0 amide bonds. The van der Waals surface area contributed by atoms with Crippen molar-refractivity contribution in [1.82, 2.24) is 4.90 Å². The molecule has 1 aromatic rings. The fourth-order valence-corrected chi connectivity index (χ4v) is 4.22. The lowest BCUT2D eigenvalue weighted by Crippen LogP contribution is -2.40. The van der Waals surface area contributed by atoms with Crippen LogP contribution in [-0.2, 0) is 6.42 Å². The number of nitrogens with one attached hydrogen (secondary N) is 1. The second-order valence-electron chi connectivity index (χ2n) is 6.86. The topological polar surface area (TPSA) is 18.5 Å². The third kappa shape index (κ3) is 2.76. The number of hydrogen-bond donors (Lipinski definition) is 1. The van der Waals surface area contributed by atoms with Crippen LogP contribution >= 0.6 is 0 Å². The average Bonchev–Trinajstić information content (AvgIpc) is 3.05. The van der Waals surface area contributed by atoms with Crippen LogP contribution in [0.25, 0.3) is 0 Å². The molecule has 21 heavy (non-hydrogen) atoms. The van der Waals surface area contributed by atoms with Crippen LogP contribution in [0.4, 0.5) is 11.4 Å². The summed E-state index contributed by atoms with van der Waals surface area (Å²) < 4.78 is 0. The first-order chi connectivity index (χ1) is 10.4. The molecule has 0 bridgehead atoms. The van der Waals surface area contributed by atoms with E-state index in [-0.39, 0.29) is 0 Å². The number of benzene rings is 1. The zero-order valence-corrected chi connectivity index (χ0v) is 13.0. The Hall–Kier alpha value is -1.22. The fourth-order valence-electron chi connectivity index (χ4n) is 4.22. The monoisotopic (exact) mass is 285 g/mol. The lowest BCUT2D eigenvalue weighted by molar-refractivity contribution is 0.175. The molecular weight excluding hydrogens is 258 g/mol. The van der Waals surface area contributed by atoms with Gasteiger partial charge in [0.2, 0.25) is 0 Å². The molecule has 1 N–H and O–H groups in total. The zero-order valence-electron chi connectivity index (χ0n) is 13.0. The molecule has 3 aliphatic heterocycles. The molecule has 4 rings (SSSR count). The van der Waals surface area contributed by atoms with Crippen LogP contribution in [-0.4, -0.2) is 43.7 Å². The molecule has 2 fully saturated rings. The lowest BCUT2D eigenvalue weighted by Gasteiger charge is -2.32. The van der Waals surface area contributed by atoms with E-state index in [1.54, 1.807) is 0 Å². The maximum atomic E-state index is 3.51. The summed E-state index contributed by atoms with van der Waals surface area (Å²) in [7, 11) is 0. The van der Waals surface area contributed by atoms with E-state index in [9.17, 15) is 0 Å². The maximum Gasteiger partial charge on any atom is 0.0374 e. The first-order valence-electron chi connectivity index (χ1n) is 8.76. The minimum atomic E-state index is 0.791. The van der Waals surface area contributed by atoms with E-state index in [2.05, 4.69) is 33.3 Å². The first-order valence-corrected chi connectivity index (χ1v) is 8.76. The Morgan fingerprint density at radius 1 is 1.00 bits per heavy atom. The highest BCUT2D eigenvalue weighted by Gasteiger charge is 2.28. The second kappa shape index (κ2) is 5.88. The molecule has 2 saturated heterocycles. The predicted octanol–water partition coefficient (Wildman–Crippen LogP) is 3.11. The molecule has 1 unspecified atom stereocenters. The van der Waals surface area contributed by atoms with Crippen LogP contribution < -0.4 is 10.2 Å². The quantitative estimate of drug-likeness (QED) is 0.901. The van der Waals surface area contributed by atoms with Gasteiger partial charge in [0.1, 0.15) is 0 Å². The molecule has 0 aliphatic carbocycles. The molecule has 114 valence electrons. The van der Waals surface area contributed by atoms with Crippen LogP contribution in [0.3, 0.4) is 0 Å². The fraction of sp³-hybridized carbons (Fsp3) is 0.667. The van der Waals surface area contributed by atoms with Crippen LogP contribution in [0, 0.1) is 0 Å². The molecule has 0 aromatic heterocycles. The van der Waals surface area contributed by atoms with Crippen molar-refractivity contribution in [3.63, 3.8) is 0 Å². The van der Waals surface area contributed by atoms with Gasteiger partial charge in [0.25, 0.3) is 0 Å². The van der Waals surface area contributed by atoms with Crippen LogP contribution in [0.5, 0.6) is 0 Å². The smallest absolute Gasteiger partial charge is 0.0374 e. The summed E-state index contributed by atoms with van der Waals surface area (Å²) >= 11 is 0. The molecule has 0 saturated carbocycles. The summed E-state index contributed by atoms with van der Waals surface area (Å²) in [5, 5.41) is 3.51. The van der Waals surface area contributed by atoms with E-state index in [0.29, 0.717) is 0 Å². The Kier molecular flexibility index (Phi) is 3.76. The summed E-state index contributed by atoms with van der Waals surface area (Å²) in [6.45, 7) is 6.24. The third-order valence-corrected chi connectivity index (χ3v) is 5.46. The average molecular weight is 285 g/mol. The summed E-state index contributed by atoms with van der Waals surface area (Å²) in [5.74, 6) is 0. The SMILES string of the molecule is c1cc2c(cc1N1CCC(N3CCCCC3)C1)CCCN2. The molecule has 1 aromatic carbocycles. The Balaban J connectivity index is 1.45. The van der Waals surface area contributed by atoms with Crippen LogP contribution in [0.15, 0.2) is 18.2 Å². The van der Waals surface area contributed by atoms with Crippen LogP contribution in [0.2, 0.25) is 0 Å². The molecule has 0 spiro atoms. The van der Waals surface area contributed by atoms with Gasteiger partial charge < -0.3 is 10.2 Å². The molecular formula is C18H27N3. The van der Waals surface area contributed by atoms with Crippen molar-refractivity contribution in [3.05, 3.63) is 23.8 Å². The normalized spacial score (nSPS) is 26.5. The van der Waals surface area contributed by atoms with E-state index >= 15 is 0 Å². The highest BCUT2D eigenvalue weighted by molar-refractivity contribution is 5.62. The number of rotatable bonds is 2. The van der Waals surface area contributed by atoms with Crippen LogP contribution in [0.1, 0.15) is 37.7 Å². The Labute approximate surface area is 128 Å². The Morgan fingerprint density at radius 2 is 1.90 bits per heavy atom. The molecule has 3 heteroatoms. The van der Waals surface area contributed by atoms with Crippen molar-refractivity contribution in [2.75, 3.05) is 42.9 Å². The molecule has 1 atom stereocenters. The van der Waals surface area contributed by atoms with Crippen molar-refractivity contribution in [2.24, 2.45) is 0 Å². The largest absolute Gasteiger partial charge is 0.385 e. The number of nitrogens with zero attached hydrogens (tertiary/aromatic N) is 2. The third-order valence-electron chi connectivity index (χ3n) is 5.46. The van der Waals surface area contributed by atoms with E-state index < -0.39 is 0 Å². The van der Waals surface area contributed by atoms with E-state index in [4.69, 9.17) is 0 Å². The zero-order chi connectivity index (χ0) is 14.1. The number of hydrogen-bond acceptors (Lipinski definition) is 3. The van der Waals surface area contributed by atoms with Gasteiger partial charge in [0, 0.05) is 37.1 Å². The number of likely N-dealkylation sites (tertiary alicyclic amines) is 1. The lowest BCUT2D eigenvalue weighted by atomic mass is 10.0. The van der Waals surface area contributed by atoms with Crippen molar-refractivity contribution in [1.29, 1.82) is 0 Å². The van der Waals surface area contributed by atoms with Crippen molar-refractivity contribution in [3.8, 4) is 0 Å². The van der Waals surface area contributed by atoms with Gasteiger partial charge in [-0.2, -0.15) is 0 Å². The van der Waals surface area contributed by atoms with Gasteiger partial charge in [-0.15, -0.1) is 0 Å². The van der Waals surface area contributed by atoms with E-state index in [1.165, 1.54) is 81.6 Å². The van der Waals surface area contributed by atoms with Gasteiger partial charge in [-0.1, -0.05) is 6.42 Å². The van der Waals surface area contributed by atoms with Gasteiger partial charge in [-0.05, 0) is 69.0 Å². The molecule has 3 heterocycles. The van der Waals surface area contributed by atoms with Crippen molar-refractivity contribution < 1.29 is 0 Å². The standard InChI is InChI=1S/C18H27N3/c1-2-10-20(11-3-1)17-8-12-21(14-17)16-6-7-18-15(13-16)5-4-9-19-18/h6-7,13,17,19H,1-5,8-12,14H2. The van der Waals surface area contributed by atoms with E-state index in [0.717, 1.165) is 12.6 Å². The summed E-state index contributed by atoms with van der Waals surface area (Å²) in [4.78, 5) is 5.34. The number of piperidine rings is 1. The summed E-state index contributed by atoms with van der Waals surface area (Å²) in [6, 6.07) is 7.83. The maximum absolute atomic E-state index is 3.51. The van der Waals surface area contributed by atoms with E-state index in [1.807, 2.05) is 0 Å². The van der Waals surface area contributed by atoms with Gasteiger partial charge >= 0.3 is 0 Å². The number of anilines is 2. The number of fused-ring (bicyclic) bond motifs is 1.